The molecule has 112 valence electrons. The molecule has 0 fully saturated rings. The van der Waals surface area contributed by atoms with Crippen molar-refractivity contribution < 1.29 is 19.8 Å². The minimum atomic E-state index is -1.42. The number of nitrogens with one attached hydrogen (secondary N) is 1. The summed E-state index contributed by atoms with van der Waals surface area (Å²) in [5.74, 6) is 0.0668. The fraction of sp³-hybridized carbons (Fsp3) is 0.583. The predicted octanol–water partition coefficient (Wildman–Crippen LogP) is 1.03. The number of carboxylic acid groups (broad SMARTS) is 1. The van der Waals surface area contributed by atoms with Gasteiger partial charge in [-0.25, -0.2) is 9.78 Å². The van der Waals surface area contributed by atoms with Crippen molar-refractivity contribution in [3.63, 3.8) is 0 Å². The van der Waals surface area contributed by atoms with Crippen LogP contribution >= 0.6 is 23.1 Å². The molecule has 8 heteroatoms. The van der Waals surface area contributed by atoms with Crippen LogP contribution in [0, 0.1) is 6.92 Å². The maximum Gasteiger partial charge on any atom is 0.332 e. The molecule has 0 saturated carbocycles. The second-order valence-corrected chi connectivity index (χ2v) is 6.32. The number of aryl methyl sites for hydroxylation is 1. The number of aliphatic hydroxyl groups excluding tert-OH is 1. The molecule has 1 aromatic heterocycles. The first-order chi connectivity index (χ1) is 9.49. The van der Waals surface area contributed by atoms with E-state index in [-0.39, 0.29) is 18.9 Å². The van der Waals surface area contributed by atoms with E-state index in [9.17, 15) is 9.59 Å². The van der Waals surface area contributed by atoms with Gasteiger partial charge < -0.3 is 15.5 Å². The van der Waals surface area contributed by atoms with Gasteiger partial charge in [0.2, 0.25) is 5.91 Å². The van der Waals surface area contributed by atoms with Crippen LogP contribution in [0.25, 0.3) is 0 Å². The standard InChI is InChI=1S/C12H18N2O4S2/c1-8-14-9(7-20-8)6-19-5-3-11(16)13-4-2-10(15)12(17)18/h7,10,15H,2-6H2,1H3,(H,13,16)(H,17,18)/t10-/m0/s1. The molecule has 1 heterocycles. The van der Waals surface area contributed by atoms with Crippen LogP contribution in [0.3, 0.4) is 0 Å². The number of aliphatic hydroxyl groups is 1. The molecule has 1 atom stereocenters. The maximum absolute atomic E-state index is 11.4. The molecule has 0 saturated heterocycles. The lowest BCUT2D eigenvalue weighted by Crippen LogP contribution is -2.30. The number of thioether (sulfide) groups is 1. The van der Waals surface area contributed by atoms with Crippen molar-refractivity contribution in [2.45, 2.75) is 31.6 Å². The number of amides is 1. The number of carbonyl (C=O) groups excluding carboxylic acids is 1. The first-order valence-corrected chi connectivity index (χ1v) is 8.19. The lowest BCUT2D eigenvalue weighted by atomic mass is 10.2. The zero-order valence-electron chi connectivity index (χ0n) is 11.2. The number of rotatable bonds is 9. The Morgan fingerprint density at radius 1 is 1.55 bits per heavy atom. The number of carboxylic acids is 1. The van der Waals surface area contributed by atoms with E-state index < -0.39 is 12.1 Å². The summed E-state index contributed by atoms with van der Waals surface area (Å²) in [6, 6.07) is 0. The summed E-state index contributed by atoms with van der Waals surface area (Å²) < 4.78 is 0. The highest BCUT2D eigenvalue weighted by molar-refractivity contribution is 7.98. The van der Waals surface area contributed by atoms with Gasteiger partial charge in [0.15, 0.2) is 6.10 Å². The lowest BCUT2D eigenvalue weighted by Gasteiger charge is -2.07. The second-order valence-electron chi connectivity index (χ2n) is 4.15. The van der Waals surface area contributed by atoms with Crippen LogP contribution < -0.4 is 5.32 Å². The molecule has 0 radical (unpaired) electrons. The van der Waals surface area contributed by atoms with Gasteiger partial charge in [-0.15, -0.1) is 11.3 Å². The van der Waals surface area contributed by atoms with E-state index in [0.717, 1.165) is 16.5 Å². The Bertz CT molecular complexity index is 450. The van der Waals surface area contributed by atoms with Crippen molar-refractivity contribution >= 4 is 35.0 Å². The number of nitrogens with zero attached hydrogens (tertiary/aromatic N) is 1. The first kappa shape index (κ1) is 16.9. The quantitative estimate of drug-likeness (QED) is 0.588. The molecule has 0 aliphatic rings. The summed E-state index contributed by atoms with van der Waals surface area (Å²) in [4.78, 5) is 26.1. The Kier molecular flexibility index (Phi) is 7.56. The third kappa shape index (κ3) is 6.88. The fourth-order valence-electron chi connectivity index (χ4n) is 1.38. The molecule has 3 N–H and O–H groups in total. The maximum atomic E-state index is 11.4. The highest BCUT2D eigenvalue weighted by atomic mass is 32.2. The summed E-state index contributed by atoms with van der Waals surface area (Å²) >= 11 is 3.24. The molecule has 0 bridgehead atoms. The van der Waals surface area contributed by atoms with Crippen molar-refractivity contribution in [2.24, 2.45) is 0 Å². The van der Waals surface area contributed by atoms with Crippen molar-refractivity contribution in [3.05, 3.63) is 16.1 Å². The third-order valence-electron chi connectivity index (χ3n) is 2.41. The molecule has 1 aromatic rings. The highest BCUT2D eigenvalue weighted by Gasteiger charge is 2.12. The predicted molar refractivity (Wildman–Crippen MR) is 78.9 cm³/mol. The smallest absolute Gasteiger partial charge is 0.332 e. The van der Waals surface area contributed by atoms with Gasteiger partial charge in [0.05, 0.1) is 10.7 Å². The molecule has 1 amide bonds. The van der Waals surface area contributed by atoms with Crippen molar-refractivity contribution in [2.75, 3.05) is 12.3 Å². The molecule has 1 rings (SSSR count). The van der Waals surface area contributed by atoms with Gasteiger partial charge in [-0.3, -0.25) is 4.79 Å². The Hall–Kier alpha value is -1.12. The van der Waals surface area contributed by atoms with Gasteiger partial charge in [-0.2, -0.15) is 11.8 Å². The largest absolute Gasteiger partial charge is 0.479 e. The zero-order valence-corrected chi connectivity index (χ0v) is 12.8. The zero-order chi connectivity index (χ0) is 15.0. The summed E-state index contributed by atoms with van der Waals surface area (Å²) in [6.45, 7) is 2.13. The Balaban J connectivity index is 2.04. The van der Waals surface area contributed by atoms with Crippen LogP contribution in [0.5, 0.6) is 0 Å². The summed E-state index contributed by atoms with van der Waals surface area (Å²) in [5.41, 5.74) is 1.03. The van der Waals surface area contributed by atoms with E-state index in [4.69, 9.17) is 10.2 Å². The van der Waals surface area contributed by atoms with Gasteiger partial charge in [-0.1, -0.05) is 0 Å². The Labute approximate surface area is 125 Å². The van der Waals surface area contributed by atoms with E-state index in [2.05, 4.69) is 10.3 Å². The number of hydrogen-bond acceptors (Lipinski definition) is 6. The summed E-state index contributed by atoms with van der Waals surface area (Å²) in [5, 5.41) is 23.1. The topological polar surface area (TPSA) is 99.5 Å². The highest BCUT2D eigenvalue weighted by Crippen LogP contribution is 2.15. The van der Waals surface area contributed by atoms with Crippen LogP contribution in [0.4, 0.5) is 0 Å². The fourth-order valence-corrected chi connectivity index (χ4v) is 2.93. The monoisotopic (exact) mass is 318 g/mol. The third-order valence-corrected chi connectivity index (χ3v) is 4.23. The number of hydrogen-bond donors (Lipinski definition) is 3. The molecule has 0 unspecified atom stereocenters. The van der Waals surface area contributed by atoms with E-state index in [1.807, 2.05) is 12.3 Å². The summed E-state index contributed by atoms with van der Waals surface area (Å²) in [6.07, 6.45) is -1.03. The number of aliphatic carboxylic acids is 1. The van der Waals surface area contributed by atoms with Gasteiger partial charge in [0.1, 0.15) is 0 Å². The number of carbonyl (C=O) groups is 2. The molecule has 0 spiro atoms. The molecular weight excluding hydrogens is 300 g/mol. The van der Waals surface area contributed by atoms with Crippen molar-refractivity contribution in [1.82, 2.24) is 10.3 Å². The van der Waals surface area contributed by atoms with Gasteiger partial charge in [-0.05, 0) is 6.92 Å². The van der Waals surface area contributed by atoms with E-state index >= 15 is 0 Å². The van der Waals surface area contributed by atoms with Crippen LogP contribution in [-0.4, -0.2) is 45.5 Å². The van der Waals surface area contributed by atoms with Crippen LogP contribution in [-0.2, 0) is 15.3 Å². The van der Waals surface area contributed by atoms with Crippen molar-refractivity contribution in [1.29, 1.82) is 0 Å². The SMILES string of the molecule is Cc1nc(CSCCC(=O)NCC[C@H](O)C(=O)O)cs1. The molecule has 0 aromatic carbocycles. The first-order valence-electron chi connectivity index (χ1n) is 6.15. The van der Waals surface area contributed by atoms with Crippen LogP contribution in [0.2, 0.25) is 0 Å². The lowest BCUT2D eigenvalue weighted by molar-refractivity contribution is -0.147. The summed E-state index contributed by atoms with van der Waals surface area (Å²) in [7, 11) is 0. The molecule has 20 heavy (non-hydrogen) atoms. The van der Waals surface area contributed by atoms with Gasteiger partial charge in [0, 0.05) is 36.3 Å². The Morgan fingerprint density at radius 3 is 2.90 bits per heavy atom. The minimum Gasteiger partial charge on any atom is -0.479 e. The van der Waals surface area contributed by atoms with Crippen LogP contribution in [0.15, 0.2) is 5.38 Å². The average Bonchev–Trinajstić information content (AvgIpc) is 2.80. The normalized spacial score (nSPS) is 12.1. The van der Waals surface area contributed by atoms with E-state index in [1.165, 1.54) is 0 Å². The van der Waals surface area contributed by atoms with E-state index in [1.54, 1.807) is 23.1 Å². The van der Waals surface area contributed by atoms with E-state index in [0.29, 0.717) is 12.2 Å². The van der Waals surface area contributed by atoms with Gasteiger partial charge >= 0.3 is 5.97 Å². The Morgan fingerprint density at radius 2 is 2.30 bits per heavy atom. The molecule has 6 nitrogen and oxygen atoms in total. The molecular formula is C12H18N2O4S2. The second kappa shape index (κ2) is 8.93. The molecule has 0 aliphatic heterocycles. The number of aromatic nitrogens is 1. The molecule has 0 aliphatic carbocycles. The minimum absolute atomic E-state index is 0.0202. The number of thiazole rings is 1. The van der Waals surface area contributed by atoms with Gasteiger partial charge in [0.25, 0.3) is 0 Å². The van der Waals surface area contributed by atoms with Crippen molar-refractivity contribution in [3.8, 4) is 0 Å². The average molecular weight is 318 g/mol. The van der Waals surface area contributed by atoms with Crippen LogP contribution in [0.1, 0.15) is 23.5 Å².